The summed E-state index contributed by atoms with van der Waals surface area (Å²) in [5, 5.41) is 10.4. The zero-order chi connectivity index (χ0) is 11.6. The van der Waals surface area contributed by atoms with Crippen molar-refractivity contribution >= 4 is 0 Å². The van der Waals surface area contributed by atoms with Crippen molar-refractivity contribution in [2.24, 2.45) is 5.92 Å². The third-order valence-corrected chi connectivity index (χ3v) is 3.11. The predicted molar refractivity (Wildman–Crippen MR) is 64.3 cm³/mol. The van der Waals surface area contributed by atoms with E-state index in [0.29, 0.717) is 25.6 Å². The quantitative estimate of drug-likeness (QED) is 0.848. The van der Waals surface area contributed by atoms with Crippen LogP contribution in [0.4, 0.5) is 0 Å². The van der Waals surface area contributed by atoms with Gasteiger partial charge in [-0.2, -0.15) is 0 Å². The summed E-state index contributed by atoms with van der Waals surface area (Å²) in [5.74, 6) is 0.643. The lowest BCUT2D eigenvalue weighted by atomic mass is 9.90. The van der Waals surface area contributed by atoms with Crippen molar-refractivity contribution in [3.05, 3.63) is 35.4 Å². The van der Waals surface area contributed by atoms with Gasteiger partial charge in [-0.25, -0.2) is 0 Å². The second-order valence-corrected chi connectivity index (χ2v) is 5.13. The second kappa shape index (κ2) is 4.56. The highest BCUT2D eigenvalue weighted by molar-refractivity contribution is 5.29. The smallest absolute Gasteiger partial charge is 0.115 e. The van der Waals surface area contributed by atoms with Gasteiger partial charge in [-0.1, -0.05) is 38.1 Å². The zero-order valence-electron chi connectivity index (χ0n) is 10.1. The molecule has 0 bridgehead atoms. The number of ether oxygens (including phenoxy) is 1. The molecule has 1 fully saturated rings. The van der Waals surface area contributed by atoms with Crippen LogP contribution in [0.25, 0.3) is 0 Å². The molecule has 1 heterocycles. The molecule has 88 valence electrons. The van der Waals surface area contributed by atoms with Gasteiger partial charge in [0.1, 0.15) is 5.60 Å². The Kier molecular flexibility index (Phi) is 3.31. The van der Waals surface area contributed by atoms with Gasteiger partial charge in [-0.05, 0) is 23.5 Å². The van der Waals surface area contributed by atoms with Crippen molar-refractivity contribution in [2.75, 3.05) is 13.2 Å². The molecular weight excluding hydrogens is 200 g/mol. The Morgan fingerprint density at radius 2 is 2.25 bits per heavy atom. The summed E-state index contributed by atoms with van der Waals surface area (Å²) in [6, 6.07) is 8.28. The van der Waals surface area contributed by atoms with Crippen LogP contribution in [0.5, 0.6) is 0 Å². The van der Waals surface area contributed by atoms with E-state index in [1.54, 1.807) is 0 Å². The Hall–Kier alpha value is -0.860. The maximum Gasteiger partial charge on any atom is 0.115 e. The van der Waals surface area contributed by atoms with Crippen LogP contribution in [0.3, 0.4) is 0 Å². The molecular formula is C14H20O2. The highest BCUT2D eigenvalue weighted by Crippen LogP contribution is 2.30. The molecule has 2 heteroatoms. The van der Waals surface area contributed by atoms with Gasteiger partial charge in [0.25, 0.3) is 0 Å². The standard InChI is InChI=1S/C14H20O2/c1-11(2)8-12-4-3-5-13(9-12)14(15)6-7-16-10-14/h3-5,9,11,15H,6-8,10H2,1-2H3. The Labute approximate surface area is 97.3 Å². The molecule has 0 aliphatic carbocycles. The van der Waals surface area contributed by atoms with Crippen LogP contribution in [-0.2, 0) is 16.8 Å². The number of benzene rings is 1. The van der Waals surface area contributed by atoms with Crippen molar-refractivity contribution in [3.8, 4) is 0 Å². The normalized spacial score (nSPS) is 25.2. The van der Waals surface area contributed by atoms with Gasteiger partial charge in [0, 0.05) is 13.0 Å². The molecule has 1 aromatic rings. The van der Waals surface area contributed by atoms with Gasteiger partial charge in [0.05, 0.1) is 6.61 Å². The Morgan fingerprint density at radius 1 is 1.44 bits per heavy atom. The molecule has 1 unspecified atom stereocenters. The fourth-order valence-electron chi connectivity index (χ4n) is 2.24. The van der Waals surface area contributed by atoms with Crippen molar-refractivity contribution in [1.29, 1.82) is 0 Å². The van der Waals surface area contributed by atoms with Crippen molar-refractivity contribution in [2.45, 2.75) is 32.3 Å². The molecule has 0 aromatic heterocycles. The Bertz CT molecular complexity index is 352. The topological polar surface area (TPSA) is 29.5 Å². The van der Waals surface area contributed by atoms with Crippen LogP contribution >= 0.6 is 0 Å². The third-order valence-electron chi connectivity index (χ3n) is 3.11. The molecule has 1 saturated heterocycles. The maximum atomic E-state index is 10.4. The minimum atomic E-state index is -0.757. The molecule has 1 aliphatic heterocycles. The molecule has 0 spiro atoms. The first-order chi connectivity index (χ1) is 7.60. The van der Waals surface area contributed by atoms with Crippen LogP contribution in [0, 0.1) is 5.92 Å². The zero-order valence-corrected chi connectivity index (χ0v) is 10.1. The summed E-state index contributed by atoms with van der Waals surface area (Å²) in [6.45, 7) is 5.50. The molecule has 1 N–H and O–H groups in total. The molecule has 1 atom stereocenters. The molecule has 1 aliphatic rings. The van der Waals surface area contributed by atoms with E-state index >= 15 is 0 Å². The van der Waals surface area contributed by atoms with E-state index in [2.05, 4.69) is 26.0 Å². The van der Waals surface area contributed by atoms with Gasteiger partial charge in [0.15, 0.2) is 0 Å². The maximum absolute atomic E-state index is 10.4. The number of hydrogen-bond donors (Lipinski definition) is 1. The first kappa shape index (κ1) is 11.6. The van der Waals surface area contributed by atoms with Gasteiger partial charge in [0.2, 0.25) is 0 Å². The van der Waals surface area contributed by atoms with Gasteiger partial charge in [-0.3, -0.25) is 0 Å². The summed E-state index contributed by atoms with van der Waals surface area (Å²) in [5.41, 5.74) is 1.54. The van der Waals surface area contributed by atoms with Crippen molar-refractivity contribution in [3.63, 3.8) is 0 Å². The van der Waals surface area contributed by atoms with E-state index in [-0.39, 0.29) is 0 Å². The second-order valence-electron chi connectivity index (χ2n) is 5.13. The van der Waals surface area contributed by atoms with E-state index in [9.17, 15) is 5.11 Å². The van der Waals surface area contributed by atoms with Crippen molar-refractivity contribution < 1.29 is 9.84 Å². The summed E-state index contributed by atoms with van der Waals surface area (Å²) in [6.07, 6.45) is 1.77. The van der Waals surface area contributed by atoms with E-state index in [1.807, 2.05) is 12.1 Å². The largest absolute Gasteiger partial charge is 0.383 e. The summed E-state index contributed by atoms with van der Waals surface area (Å²) in [4.78, 5) is 0. The molecule has 0 amide bonds. The average molecular weight is 220 g/mol. The van der Waals surface area contributed by atoms with Crippen LogP contribution in [0.15, 0.2) is 24.3 Å². The van der Waals surface area contributed by atoms with E-state index < -0.39 is 5.60 Å². The molecule has 2 rings (SSSR count). The van der Waals surface area contributed by atoms with E-state index in [0.717, 1.165) is 12.0 Å². The SMILES string of the molecule is CC(C)Cc1cccc(C2(O)CCOC2)c1. The van der Waals surface area contributed by atoms with Crippen LogP contribution in [-0.4, -0.2) is 18.3 Å². The number of hydrogen-bond acceptors (Lipinski definition) is 2. The molecule has 16 heavy (non-hydrogen) atoms. The van der Waals surface area contributed by atoms with E-state index in [1.165, 1.54) is 5.56 Å². The monoisotopic (exact) mass is 220 g/mol. The van der Waals surface area contributed by atoms with Crippen LogP contribution in [0.1, 0.15) is 31.4 Å². The average Bonchev–Trinajstić information content (AvgIpc) is 2.66. The van der Waals surface area contributed by atoms with Gasteiger partial charge < -0.3 is 9.84 Å². The lowest BCUT2D eigenvalue weighted by Crippen LogP contribution is -2.25. The minimum absolute atomic E-state index is 0.429. The van der Waals surface area contributed by atoms with Crippen LogP contribution in [0.2, 0.25) is 0 Å². The molecule has 1 aromatic carbocycles. The summed E-state index contributed by atoms with van der Waals surface area (Å²) < 4.78 is 5.29. The highest BCUT2D eigenvalue weighted by atomic mass is 16.5. The lowest BCUT2D eigenvalue weighted by molar-refractivity contribution is 0.0231. The van der Waals surface area contributed by atoms with E-state index in [4.69, 9.17) is 4.74 Å². The molecule has 0 saturated carbocycles. The fourth-order valence-corrected chi connectivity index (χ4v) is 2.24. The first-order valence-corrected chi connectivity index (χ1v) is 6.00. The minimum Gasteiger partial charge on any atom is -0.383 e. The Balaban J connectivity index is 2.21. The van der Waals surface area contributed by atoms with Crippen LogP contribution < -0.4 is 0 Å². The lowest BCUT2D eigenvalue weighted by Gasteiger charge is -2.21. The summed E-state index contributed by atoms with van der Waals surface area (Å²) in [7, 11) is 0. The van der Waals surface area contributed by atoms with Crippen molar-refractivity contribution in [1.82, 2.24) is 0 Å². The summed E-state index contributed by atoms with van der Waals surface area (Å²) >= 11 is 0. The first-order valence-electron chi connectivity index (χ1n) is 6.00. The van der Waals surface area contributed by atoms with Gasteiger partial charge in [-0.15, -0.1) is 0 Å². The highest BCUT2D eigenvalue weighted by Gasteiger charge is 2.34. The number of rotatable bonds is 3. The predicted octanol–water partition coefficient (Wildman–Crippen LogP) is 2.49. The number of aliphatic hydroxyl groups is 1. The third kappa shape index (κ3) is 2.45. The molecule has 0 radical (unpaired) electrons. The Morgan fingerprint density at radius 3 is 2.88 bits per heavy atom. The fraction of sp³-hybridized carbons (Fsp3) is 0.571. The molecule has 2 nitrogen and oxygen atoms in total. The van der Waals surface area contributed by atoms with Gasteiger partial charge >= 0.3 is 0 Å².